The Balaban J connectivity index is 2.26. The van der Waals surface area contributed by atoms with E-state index in [9.17, 15) is 9.59 Å². The molecule has 68 valence electrons. The second kappa shape index (κ2) is 4.21. The van der Waals surface area contributed by atoms with Crippen molar-refractivity contribution in [2.75, 3.05) is 26.7 Å². The van der Waals surface area contributed by atoms with Crippen LogP contribution < -0.4 is 0 Å². The van der Waals surface area contributed by atoms with Gasteiger partial charge in [0.1, 0.15) is 5.78 Å². The van der Waals surface area contributed by atoms with Crippen LogP contribution in [-0.4, -0.2) is 43.4 Å². The number of Topliss-reactive ketones (excluding diaryl/α,β-unsaturated/α-hetero) is 1. The number of likely N-dealkylation sites (tertiary alicyclic amines) is 1. The summed E-state index contributed by atoms with van der Waals surface area (Å²) in [5.41, 5.74) is 0. The molecule has 0 aromatic heterocycles. The van der Waals surface area contributed by atoms with E-state index in [-0.39, 0.29) is 11.8 Å². The number of esters is 1. The first-order valence-electron chi connectivity index (χ1n) is 4.03. The molecule has 0 aromatic carbocycles. The van der Waals surface area contributed by atoms with E-state index in [2.05, 4.69) is 4.74 Å². The molecule has 4 nitrogen and oxygen atoms in total. The van der Waals surface area contributed by atoms with Crippen LogP contribution in [0.25, 0.3) is 0 Å². The van der Waals surface area contributed by atoms with Gasteiger partial charge >= 0.3 is 5.97 Å². The Hall–Kier alpha value is -0.900. The van der Waals surface area contributed by atoms with Gasteiger partial charge in [-0.1, -0.05) is 0 Å². The lowest BCUT2D eigenvalue weighted by Crippen LogP contribution is -2.37. The Morgan fingerprint density at radius 1 is 1.50 bits per heavy atom. The maximum atomic E-state index is 10.8. The van der Waals surface area contributed by atoms with Crippen LogP contribution in [0.15, 0.2) is 0 Å². The molecule has 1 aliphatic heterocycles. The fourth-order valence-electron chi connectivity index (χ4n) is 1.21. The van der Waals surface area contributed by atoms with Crippen molar-refractivity contribution in [2.45, 2.75) is 12.8 Å². The molecule has 0 atom stereocenters. The summed E-state index contributed by atoms with van der Waals surface area (Å²) < 4.78 is 4.51. The van der Waals surface area contributed by atoms with E-state index in [0.29, 0.717) is 32.5 Å². The van der Waals surface area contributed by atoms with E-state index >= 15 is 0 Å². The highest BCUT2D eigenvalue weighted by atomic mass is 16.5. The highest BCUT2D eigenvalue weighted by Crippen LogP contribution is 2.04. The zero-order valence-electron chi connectivity index (χ0n) is 7.21. The van der Waals surface area contributed by atoms with Gasteiger partial charge in [0, 0.05) is 25.9 Å². The lowest BCUT2D eigenvalue weighted by molar-refractivity contribution is -0.142. The monoisotopic (exact) mass is 171 g/mol. The first kappa shape index (κ1) is 9.19. The summed E-state index contributed by atoms with van der Waals surface area (Å²) in [4.78, 5) is 23.6. The first-order chi connectivity index (χ1) is 5.72. The number of hydrogen-bond acceptors (Lipinski definition) is 4. The van der Waals surface area contributed by atoms with Gasteiger partial charge in [0.05, 0.1) is 13.7 Å². The lowest BCUT2D eigenvalue weighted by Gasteiger charge is -2.24. The van der Waals surface area contributed by atoms with Crippen LogP contribution >= 0.6 is 0 Å². The van der Waals surface area contributed by atoms with E-state index in [4.69, 9.17) is 0 Å². The molecule has 1 aliphatic rings. The van der Waals surface area contributed by atoms with Gasteiger partial charge in [-0.2, -0.15) is 0 Å². The van der Waals surface area contributed by atoms with Crippen molar-refractivity contribution >= 4 is 11.8 Å². The highest BCUT2D eigenvalue weighted by Gasteiger charge is 2.18. The second-order valence-electron chi connectivity index (χ2n) is 2.89. The van der Waals surface area contributed by atoms with E-state index in [1.165, 1.54) is 7.11 Å². The van der Waals surface area contributed by atoms with Gasteiger partial charge in [0.15, 0.2) is 0 Å². The SMILES string of the molecule is COC(=O)CN1CCC(=O)CC1. The molecule has 0 bridgehead atoms. The summed E-state index contributed by atoms with van der Waals surface area (Å²) in [5.74, 6) is 0.0560. The molecule has 0 saturated carbocycles. The number of nitrogens with zero attached hydrogens (tertiary/aromatic N) is 1. The van der Waals surface area contributed by atoms with Crippen molar-refractivity contribution in [3.8, 4) is 0 Å². The number of methoxy groups -OCH3 is 1. The molecular weight excluding hydrogens is 158 g/mol. The Morgan fingerprint density at radius 3 is 2.58 bits per heavy atom. The van der Waals surface area contributed by atoms with Gasteiger partial charge < -0.3 is 4.74 Å². The lowest BCUT2D eigenvalue weighted by atomic mass is 10.1. The van der Waals surface area contributed by atoms with Crippen molar-refractivity contribution in [3.63, 3.8) is 0 Å². The fourth-order valence-corrected chi connectivity index (χ4v) is 1.21. The summed E-state index contributed by atoms with van der Waals surface area (Å²) in [5, 5.41) is 0. The highest BCUT2D eigenvalue weighted by molar-refractivity contribution is 5.80. The molecule has 4 heteroatoms. The van der Waals surface area contributed by atoms with E-state index in [1.807, 2.05) is 4.90 Å². The number of rotatable bonds is 2. The standard InChI is InChI=1S/C8H13NO3/c1-12-8(11)6-9-4-2-7(10)3-5-9/h2-6H2,1H3. The third-order valence-corrected chi connectivity index (χ3v) is 1.99. The Kier molecular flexibility index (Phi) is 3.22. The van der Waals surface area contributed by atoms with Crippen LogP contribution in [0.1, 0.15) is 12.8 Å². The zero-order chi connectivity index (χ0) is 8.97. The molecule has 12 heavy (non-hydrogen) atoms. The van der Waals surface area contributed by atoms with Crippen molar-refractivity contribution in [3.05, 3.63) is 0 Å². The molecule has 0 N–H and O–H groups in total. The largest absolute Gasteiger partial charge is 0.468 e. The molecule has 1 heterocycles. The number of carbonyl (C=O) groups is 2. The van der Waals surface area contributed by atoms with E-state index in [0.717, 1.165) is 0 Å². The number of hydrogen-bond donors (Lipinski definition) is 0. The summed E-state index contributed by atoms with van der Waals surface area (Å²) in [6.07, 6.45) is 1.13. The molecular formula is C8H13NO3. The summed E-state index contributed by atoms with van der Waals surface area (Å²) >= 11 is 0. The average molecular weight is 171 g/mol. The van der Waals surface area contributed by atoms with Crippen LogP contribution in [-0.2, 0) is 14.3 Å². The third-order valence-electron chi connectivity index (χ3n) is 1.99. The van der Waals surface area contributed by atoms with Gasteiger partial charge in [-0.3, -0.25) is 14.5 Å². The molecule has 1 saturated heterocycles. The maximum absolute atomic E-state index is 10.8. The van der Waals surface area contributed by atoms with E-state index < -0.39 is 0 Å². The van der Waals surface area contributed by atoms with Gasteiger partial charge in [-0.05, 0) is 0 Å². The van der Waals surface area contributed by atoms with Gasteiger partial charge in [-0.25, -0.2) is 0 Å². The van der Waals surface area contributed by atoms with Crippen LogP contribution in [0.4, 0.5) is 0 Å². The Morgan fingerprint density at radius 2 is 2.08 bits per heavy atom. The van der Waals surface area contributed by atoms with Crippen LogP contribution in [0.3, 0.4) is 0 Å². The summed E-state index contributed by atoms with van der Waals surface area (Å²) in [6, 6.07) is 0. The average Bonchev–Trinajstić information content (AvgIpc) is 2.09. The second-order valence-corrected chi connectivity index (χ2v) is 2.89. The van der Waals surface area contributed by atoms with Crippen molar-refractivity contribution in [1.82, 2.24) is 4.90 Å². The third kappa shape index (κ3) is 2.62. The van der Waals surface area contributed by atoms with Gasteiger partial charge in [-0.15, -0.1) is 0 Å². The number of carbonyl (C=O) groups excluding carboxylic acids is 2. The number of ether oxygens (including phenoxy) is 1. The minimum atomic E-state index is -0.232. The van der Waals surface area contributed by atoms with Crippen molar-refractivity contribution in [2.24, 2.45) is 0 Å². The fraction of sp³-hybridized carbons (Fsp3) is 0.750. The zero-order valence-corrected chi connectivity index (χ0v) is 7.21. The number of piperidine rings is 1. The predicted molar refractivity (Wildman–Crippen MR) is 42.7 cm³/mol. The van der Waals surface area contributed by atoms with Crippen LogP contribution in [0, 0.1) is 0 Å². The van der Waals surface area contributed by atoms with Gasteiger partial charge in [0.25, 0.3) is 0 Å². The molecule has 0 amide bonds. The summed E-state index contributed by atoms with van der Waals surface area (Å²) in [6.45, 7) is 1.69. The topological polar surface area (TPSA) is 46.6 Å². The van der Waals surface area contributed by atoms with Crippen LogP contribution in [0.2, 0.25) is 0 Å². The molecule has 0 aromatic rings. The minimum Gasteiger partial charge on any atom is -0.468 e. The normalized spacial score (nSPS) is 19.2. The number of ketones is 1. The predicted octanol–water partition coefficient (Wildman–Crippen LogP) is -0.176. The smallest absolute Gasteiger partial charge is 0.319 e. The maximum Gasteiger partial charge on any atom is 0.319 e. The van der Waals surface area contributed by atoms with Gasteiger partial charge in [0.2, 0.25) is 0 Å². The quantitative estimate of drug-likeness (QED) is 0.541. The van der Waals surface area contributed by atoms with E-state index in [1.54, 1.807) is 0 Å². The molecule has 1 fully saturated rings. The Labute approximate surface area is 71.5 Å². The molecule has 0 radical (unpaired) electrons. The molecule has 0 aliphatic carbocycles. The first-order valence-corrected chi connectivity index (χ1v) is 4.03. The van der Waals surface area contributed by atoms with Crippen LogP contribution in [0.5, 0.6) is 0 Å². The minimum absolute atomic E-state index is 0.232. The molecule has 0 unspecified atom stereocenters. The molecule has 0 spiro atoms. The summed E-state index contributed by atoms with van der Waals surface area (Å²) in [7, 11) is 1.37. The van der Waals surface area contributed by atoms with Crippen molar-refractivity contribution in [1.29, 1.82) is 0 Å². The molecule has 1 rings (SSSR count). The van der Waals surface area contributed by atoms with Crippen molar-refractivity contribution < 1.29 is 14.3 Å². The Bertz CT molecular complexity index is 181.